The van der Waals surface area contributed by atoms with Gasteiger partial charge < -0.3 is 19.9 Å². The third-order valence-corrected chi connectivity index (χ3v) is 3.81. The molecule has 0 saturated carbocycles. The molecule has 0 unspecified atom stereocenters. The van der Waals surface area contributed by atoms with E-state index in [1.165, 1.54) is 11.8 Å². The van der Waals surface area contributed by atoms with Crippen LogP contribution in [0.3, 0.4) is 0 Å². The Morgan fingerprint density at radius 3 is 2.88 bits per heavy atom. The minimum Gasteiger partial charge on any atom is -0.466 e. The molecule has 26 heavy (non-hydrogen) atoms. The molecule has 11 heteroatoms. The van der Waals surface area contributed by atoms with Crippen LogP contribution in [-0.4, -0.2) is 38.2 Å². The fourth-order valence-electron chi connectivity index (χ4n) is 2.71. The van der Waals surface area contributed by atoms with Gasteiger partial charge >= 0.3 is 11.6 Å². The Labute approximate surface area is 143 Å². The summed E-state index contributed by atoms with van der Waals surface area (Å²) in [5.41, 5.74) is 3.84. The van der Waals surface area contributed by atoms with Crippen molar-refractivity contribution in [1.82, 2.24) is 25.2 Å². The zero-order valence-electron chi connectivity index (χ0n) is 13.2. The second kappa shape index (κ2) is 5.51. The standard InChI is InChI=1S/C15H10N6O5/c1-25-15-18-19-20-21(15)8-4-2-3-6-10-9(22)5-7(13(16)23)17-11(10)14(24)26-12(6)8/h2-5H,1H3,(H2,16,23)(H,17,22). The molecule has 0 aliphatic carbocycles. The first-order valence-electron chi connectivity index (χ1n) is 7.26. The molecule has 4 rings (SSSR count). The molecular formula is C15H10N6O5. The number of ether oxygens (including phenoxy) is 1. The van der Waals surface area contributed by atoms with Crippen LogP contribution >= 0.6 is 0 Å². The number of carbonyl (C=O) groups is 1. The number of primary amides is 1. The van der Waals surface area contributed by atoms with E-state index in [1.54, 1.807) is 18.2 Å². The van der Waals surface area contributed by atoms with Gasteiger partial charge in [0.2, 0.25) is 0 Å². The van der Waals surface area contributed by atoms with Crippen LogP contribution in [0.2, 0.25) is 0 Å². The Hall–Kier alpha value is -4.02. The van der Waals surface area contributed by atoms with Gasteiger partial charge in [0.05, 0.1) is 12.5 Å². The third kappa shape index (κ3) is 2.14. The number of para-hydroxylation sites is 1. The number of nitrogens with two attached hydrogens (primary N) is 1. The highest BCUT2D eigenvalue weighted by Crippen LogP contribution is 2.26. The van der Waals surface area contributed by atoms with E-state index in [0.29, 0.717) is 11.1 Å². The zero-order chi connectivity index (χ0) is 18.4. The number of tetrazole rings is 1. The monoisotopic (exact) mass is 354 g/mol. The molecule has 0 aliphatic rings. The van der Waals surface area contributed by atoms with E-state index in [1.807, 2.05) is 0 Å². The van der Waals surface area contributed by atoms with Gasteiger partial charge in [-0.2, -0.15) is 4.68 Å². The number of aromatic nitrogens is 5. The molecule has 0 aliphatic heterocycles. The lowest BCUT2D eigenvalue weighted by atomic mass is 10.1. The number of H-pyrrole nitrogens is 1. The number of hydrogen-bond donors (Lipinski definition) is 2. The van der Waals surface area contributed by atoms with E-state index in [-0.39, 0.29) is 28.2 Å². The normalized spacial score (nSPS) is 11.1. The van der Waals surface area contributed by atoms with Crippen molar-refractivity contribution in [3.05, 3.63) is 50.6 Å². The average molecular weight is 354 g/mol. The molecule has 3 heterocycles. The minimum absolute atomic E-state index is 0.0649. The molecular weight excluding hydrogens is 344 g/mol. The summed E-state index contributed by atoms with van der Waals surface area (Å²) in [7, 11) is 1.38. The largest absolute Gasteiger partial charge is 0.466 e. The predicted octanol–water partition coefficient (Wildman–Crippen LogP) is -0.282. The van der Waals surface area contributed by atoms with E-state index in [9.17, 15) is 14.4 Å². The summed E-state index contributed by atoms with van der Waals surface area (Å²) in [4.78, 5) is 38.8. The van der Waals surface area contributed by atoms with E-state index in [2.05, 4.69) is 20.5 Å². The number of aromatic amines is 1. The highest BCUT2D eigenvalue weighted by atomic mass is 16.5. The van der Waals surface area contributed by atoms with Crippen molar-refractivity contribution < 1.29 is 13.9 Å². The zero-order valence-corrected chi connectivity index (χ0v) is 13.2. The number of amides is 1. The molecule has 3 N–H and O–H groups in total. The number of nitrogens with one attached hydrogen (secondary N) is 1. The maximum atomic E-state index is 12.5. The van der Waals surface area contributed by atoms with Crippen LogP contribution in [0.4, 0.5) is 0 Å². The van der Waals surface area contributed by atoms with Crippen LogP contribution in [-0.2, 0) is 0 Å². The molecule has 0 fully saturated rings. The molecule has 0 atom stereocenters. The van der Waals surface area contributed by atoms with Gasteiger partial charge in [-0.25, -0.2) is 4.79 Å². The predicted molar refractivity (Wildman–Crippen MR) is 88.4 cm³/mol. The summed E-state index contributed by atoms with van der Waals surface area (Å²) in [5.74, 6) is -0.865. The van der Waals surface area contributed by atoms with Gasteiger partial charge in [-0.3, -0.25) is 9.59 Å². The maximum absolute atomic E-state index is 12.5. The van der Waals surface area contributed by atoms with E-state index >= 15 is 0 Å². The van der Waals surface area contributed by atoms with Gasteiger partial charge in [0.25, 0.3) is 5.91 Å². The summed E-state index contributed by atoms with van der Waals surface area (Å²) < 4.78 is 11.7. The molecule has 0 saturated heterocycles. The minimum atomic E-state index is -0.865. The van der Waals surface area contributed by atoms with Crippen molar-refractivity contribution in [2.75, 3.05) is 7.11 Å². The summed E-state index contributed by atoms with van der Waals surface area (Å²) >= 11 is 0. The summed E-state index contributed by atoms with van der Waals surface area (Å²) in [6.07, 6.45) is 0. The second-order valence-corrected chi connectivity index (χ2v) is 5.28. The first-order valence-corrected chi connectivity index (χ1v) is 7.26. The Morgan fingerprint density at radius 2 is 2.15 bits per heavy atom. The highest BCUT2D eigenvalue weighted by molar-refractivity contribution is 6.06. The number of pyridine rings is 1. The van der Waals surface area contributed by atoms with Crippen molar-refractivity contribution in [3.8, 4) is 11.7 Å². The fourth-order valence-corrected chi connectivity index (χ4v) is 2.71. The van der Waals surface area contributed by atoms with Gasteiger partial charge in [0.1, 0.15) is 16.9 Å². The number of nitrogens with zero attached hydrogens (tertiary/aromatic N) is 4. The fraction of sp³-hybridized carbons (Fsp3) is 0.0667. The SMILES string of the molecule is COc1nnnn1-c1cccc2c1oc(=O)c1[nH]c(C(N)=O)cc(=O)c12. The van der Waals surface area contributed by atoms with Crippen molar-refractivity contribution in [1.29, 1.82) is 0 Å². The highest BCUT2D eigenvalue weighted by Gasteiger charge is 2.19. The number of carbonyl (C=O) groups excluding carboxylic acids is 1. The summed E-state index contributed by atoms with van der Waals surface area (Å²) in [5, 5.41) is 11.4. The molecule has 3 aromatic heterocycles. The van der Waals surface area contributed by atoms with Crippen LogP contribution in [0.5, 0.6) is 6.01 Å². The summed E-state index contributed by atoms with van der Waals surface area (Å²) in [6, 6.07) is 5.94. The third-order valence-electron chi connectivity index (χ3n) is 3.81. The number of fused-ring (bicyclic) bond motifs is 3. The molecule has 0 spiro atoms. The first kappa shape index (κ1) is 15.5. The second-order valence-electron chi connectivity index (χ2n) is 5.28. The van der Waals surface area contributed by atoms with Gasteiger partial charge in [0, 0.05) is 11.5 Å². The number of rotatable bonds is 3. The van der Waals surface area contributed by atoms with Crippen molar-refractivity contribution >= 4 is 27.8 Å². The van der Waals surface area contributed by atoms with Gasteiger partial charge in [-0.05, 0) is 16.5 Å². The lowest BCUT2D eigenvalue weighted by molar-refractivity contribution is 0.0996. The van der Waals surface area contributed by atoms with Gasteiger partial charge in [0.15, 0.2) is 11.0 Å². The number of hydrogen-bond acceptors (Lipinski definition) is 8. The molecule has 1 aromatic carbocycles. The smallest absolute Gasteiger partial charge is 0.361 e. The maximum Gasteiger partial charge on any atom is 0.361 e. The lowest BCUT2D eigenvalue weighted by Crippen LogP contribution is -2.19. The van der Waals surface area contributed by atoms with E-state index < -0.39 is 17.0 Å². The quantitative estimate of drug-likeness (QED) is 0.375. The molecule has 0 bridgehead atoms. The average Bonchev–Trinajstić information content (AvgIpc) is 3.09. The molecule has 4 aromatic rings. The van der Waals surface area contributed by atoms with E-state index in [0.717, 1.165) is 6.07 Å². The Balaban J connectivity index is 2.17. The Kier molecular flexibility index (Phi) is 3.29. The molecule has 130 valence electrons. The first-order chi connectivity index (χ1) is 12.5. The molecule has 0 radical (unpaired) electrons. The van der Waals surface area contributed by atoms with Crippen LogP contribution in [0.1, 0.15) is 10.5 Å². The van der Waals surface area contributed by atoms with Crippen LogP contribution in [0.25, 0.3) is 27.6 Å². The Morgan fingerprint density at radius 1 is 1.35 bits per heavy atom. The van der Waals surface area contributed by atoms with Crippen LogP contribution in [0.15, 0.2) is 38.3 Å². The van der Waals surface area contributed by atoms with Crippen molar-refractivity contribution in [2.45, 2.75) is 0 Å². The molecule has 11 nitrogen and oxygen atoms in total. The lowest BCUT2D eigenvalue weighted by Gasteiger charge is -2.08. The number of methoxy groups -OCH3 is 1. The van der Waals surface area contributed by atoms with Crippen LogP contribution < -0.4 is 21.5 Å². The molecule has 1 amide bonds. The topological polar surface area (TPSA) is 159 Å². The summed E-state index contributed by atoms with van der Waals surface area (Å²) in [6.45, 7) is 0. The van der Waals surface area contributed by atoms with E-state index in [4.69, 9.17) is 14.9 Å². The Bertz CT molecular complexity index is 1300. The van der Waals surface area contributed by atoms with Gasteiger partial charge in [-0.1, -0.05) is 17.2 Å². The van der Waals surface area contributed by atoms with Crippen molar-refractivity contribution in [2.24, 2.45) is 5.73 Å². The van der Waals surface area contributed by atoms with Crippen LogP contribution in [0, 0.1) is 0 Å². The number of benzene rings is 1. The van der Waals surface area contributed by atoms with Crippen molar-refractivity contribution in [3.63, 3.8) is 0 Å². The van der Waals surface area contributed by atoms with Gasteiger partial charge in [-0.15, -0.1) is 0 Å².